The Labute approximate surface area is 122 Å². The van der Waals surface area contributed by atoms with Gasteiger partial charge in [0.2, 0.25) is 0 Å². The van der Waals surface area contributed by atoms with Crippen molar-refractivity contribution in [1.29, 1.82) is 0 Å². The standard InChI is InChI=1S/C13H17ClFNO3S/c14-20(17,18)13-10-11(15)4-5-12(13)19-9-3-8-16-6-1-2-7-16/h4-5,10H,1-3,6-9H2. The molecule has 0 atom stereocenters. The summed E-state index contributed by atoms with van der Waals surface area (Å²) in [5.74, 6) is -0.559. The van der Waals surface area contributed by atoms with E-state index in [4.69, 9.17) is 15.4 Å². The molecule has 1 heterocycles. The van der Waals surface area contributed by atoms with E-state index in [1.165, 1.54) is 18.9 Å². The highest BCUT2D eigenvalue weighted by Crippen LogP contribution is 2.27. The van der Waals surface area contributed by atoms with Crippen LogP contribution in [0.1, 0.15) is 19.3 Å². The molecule has 0 aromatic heterocycles. The normalized spacial score (nSPS) is 16.5. The van der Waals surface area contributed by atoms with E-state index in [0.717, 1.165) is 38.2 Å². The van der Waals surface area contributed by atoms with Gasteiger partial charge < -0.3 is 9.64 Å². The lowest BCUT2D eigenvalue weighted by atomic mass is 10.3. The van der Waals surface area contributed by atoms with E-state index in [2.05, 4.69) is 4.90 Å². The van der Waals surface area contributed by atoms with E-state index >= 15 is 0 Å². The highest BCUT2D eigenvalue weighted by atomic mass is 35.7. The summed E-state index contributed by atoms with van der Waals surface area (Å²) in [6.07, 6.45) is 3.25. The molecule has 1 aromatic rings. The molecule has 1 aromatic carbocycles. The van der Waals surface area contributed by atoms with E-state index in [1.54, 1.807) is 0 Å². The summed E-state index contributed by atoms with van der Waals surface area (Å²) in [5, 5.41) is 0. The summed E-state index contributed by atoms with van der Waals surface area (Å²) < 4.78 is 41.2. The van der Waals surface area contributed by atoms with Crippen LogP contribution in [0.5, 0.6) is 5.75 Å². The van der Waals surface area contributed by atoms with Crippen LogP contribution in [0.4, 0.5) is 4.39 Å². The third-order valence-corrected chi connectivity index (χ3v) is 4.59. The van der Waals surface area contributed by atoms with Crippen molar-refractivity contribution in [2.24, 2.45) is 0 Å². The molecule has 0 N–H and O–H groups in total. The fourth-order valence-electron chi connectivity index (χ4n) is 2.27. The lowest BCUT2D eigenvalue weighted by molar-refractivity contribution is 0.259. The molecular weight excluding hydrogens is 305 g/mol. The third kappa shape index (κ3) is 4.33. The zero-order chi connectivity index (χ0) is 14.6. The van der Waals surface area contributed by atoms with Gasteiger partial charge in [-0.15, -0.1) is 0 Å². The number of ether oxygens (including phenoxy) is 1. The fourth-order valence-corrected chi connectivity index (χ4v) is 3.25. The summed E-state index contributed by atoms with van der Waals surface area (Å²) in [6.45, 7) is 3.52. The molecule has 0 amide bonds. The molecular formula is C13H17ClFNO3S. The smallest absolute Gasteiger partial charge is 0.265 e. The predicted octanol–water partition coefficient (Wildman–Crippen LogP) is 2.62. The Balaban J connectivity index is 1.92. The lowest BCUT2D eigenvalue weighted by Crippen LogP contribution is -2.22. The minimum absolute atomic E-state index is 0.0998. The molecule has 1 fully saturated rings. The van der Waals surface area contributed by atoms with Crippen molar-refractivity contribution in [3.63, 3.8) is 0 Å². The Morgan fingerprint density at radius 1 is 1.30 bits per heavy atom. The van der Waals surface area contributed by atoms with Crippen LogP contribution in [0.3, 0.4) is 0 Å². The second-order valence-corrected chi connectivity index (χ2v) is 7.31. The molecule has 1 saturated heterocycles. The van der Waals surface area contributed by atoms with Crippen LogP contribution in [0.25, 0.3) is 0 Å². The first-order valence-corrected chi connectivity index (χ1v) is 8.87. The van der Waals surface area contributed by atoms with Crippen molar-refractivity contribution in [3.05, 3.63) is 24.0 Å². The minimum atomic E-state index is -4.01. The predicted molar refractivity (Wildman–Crippen MR) is 75.2 cm³/mol. The molecule has 0 radical (unpaired) electrons. The van der Waals surface area contributed by atoms with Gasteiger partial charge in [-0.2, -0.15) is 0 Å². The first-order chi connectivity index (χ1) is 9.47. The van der Waals surface area contributed by atoms with Crippen LogP contribution in [0, 0.1) is 5.82 Å². The Hall–Kier alpha value is -0.850. The van der Waals surface area contributed by atoms with Gasteiger partial charge >= 0.3 is 0 Å². The maximum Gasteiger partial charge on any atom is 0.265 e. The Kier molecular flexibility index (Phi) is 5.23. The Morgan fingerprint density at radius 3 is 2.65 bits per heavy atom. The SMILES string of the molecule is O=S(=O)(Cl)c1cc(F)ccc1OCCCN1CCCC1. The van der Waals surface area contributed by atoms with Crippen molar-refractivity contribution < 1.29 is 17.5 Å². The van der Waals surface area contributed by atoms with Gasteiger partial charge in [0.25, 0.3) is 9.05 Å². The van der Waals surface area contributed by atoms with E-state index in [1.807, 2.05) is 0 Å². The van der Waals surface area contributed by atoms with Gasteiger partial charge in [-0.25, -0.2) is 12.8 Å². The zero-order valence-corrected chi connectivity index (χ0v) is 12.6. The summed E-state index contributed by atoms with van der Waals surface area (Å²) in [7, 11) is 1.26. The molecule has 1 aliphatic rings. The van der Waals surface area contributed by atoms with Crippen molar-refractivity contribution in [2.45, 2.75) is 24.2 Å². The van der Waals surface area contributed by atoms with Gasteiger partial charge in [-0.1, -0.05) is 0 Å². The highest BCUT2D eigenvalue weighted by Gasteiger charge is 2.18. The summed E-state index contributed by atoms with van der Waals surface area (Å²) >= 11 is 0. The molecule has 1 aliphatic heterocycles. The van der Waals surface area contributed by atoms with Crippen molar-refractivity contribution in [2.75, 3.05) is 26.2 Å². The van der Waals surface area contributed by atoms with Gasteiger partial charge in [0.1, 0.15) is 16.5 Å². The molecule has 20 heavy (non-hydrogen) atoms. The lowest BCUT2D eigenvalue weighted by Gasteiger charge is -2.15. The van der Waals surface area contributed by atoms with Gasteiger partial charge in [-0.3, -0.25) is 0 Å². The molecule has 0 spiro atoms. The van der Waals surface area contributed by atoms with E-state index in [9.17, 15) is 12.8 Å². The average Bonchev–Trinajstić information content (AvgIpc) is 2.88. The molecule has 2 rings (SSSR count). The fraction of sp³-hybridized carbons (Fsp3) is 0.538. The molecule has 112 valence electrons. The first kappa shape index (κ1) is 15.5. The average molecular weight is 322 g/mol. The molecule has 4 nitrogen and oxygen atoms in total. The maximum absolute atomic E-state index is 13.1. The van der Waals surface area contributed by atoms with Crippen LogP contribution in [-0.4, -0.2) is 39.6 Å². The molecule has 0 unspecified atom stereocenters. The zero-order valence-electron chi connectivity index (χ0n) is 11.0. The van der Waals surface area contributed by atoms with Gasteiger partial charge in [0, 0.05) is 17.2 Å². The molecule has 0 aliphatic carbocycles. The number of halogens is 2. The van der Waals surface area contributed by atoms with Crippen LogP contribution in [0.15, 0.2) is 23.1 Å². The summed E-state index contributed by atoms with van der Waals surface area (Å²) in [4.78, 5) is 2.02. The van der Waals surface area contributed by atoms with Gasteiger partial charge in [0.15, 0.2) is 0 Å². The number of rotatable bonds is 6. The number of benzene rings is 1. The summed E-state index contributed by atoms with van der Waals surface area (Å²) in [5.41, 5.74) is 0. The van der Waals surface area contributed by atoms with E-state index < -0.39 is 14.9 Å². The number of hydrogen-bond donors (Lipinski definition) is 0. The monoisotopic (exact) mass is 321 g/mol. The number of nitrogens with zero attached hydrogens (tertiary/aromatic N) is 1. The Morgan fingerprint density at radius 2 is 2.00 bits per heavy atom. The highest BCUT2D eigenvalue weighted by molar-refractivity contribution is 8.13. The van der Waals surface area contributed by atoms with E-state index in [0.29, 0.717) is 6.61 Å². The van der Waals surface area contributed by atoms with Crippen molar-refractivity contribution in [1.82, 2.24) is 4.90 Å². The largest absolute Gasteiger partial charge is 0.492 e. The van der Waals surface area contributed by atoms with Gasteiger partial charge in [-0.05, 0) is 50.6 Å². The first-order valence-electron chi connectivity index (χ1n) is 6.56. The second kappa shape index (κ2) is 6.74. The minimum Gasteiger partial charge on any atom is -0.492 e. The molecule has 7 heteroatoms. The second-order valence-electron chi connectivity index (χ2n) is 4.78. The molecule has 0 bridgehead atoms. The van der Waals surface area contributed by atoms with Crippen LogP contribution in [-0.2, 0) is 9.05 Å². The van der Waals surface area contributed by atoms with Crippen LogP contribution in [0.2, 0.25) is 0 Å². The number of likely N-dealkylation sites (tertiary alicyclic amines) is 1. The Bertz CT molecular complexity index is 559. The van der Waals surface area contributed by atoms with Crippen molar-refractivity contribution in [3.8, 4) is 5.75 Å². The van der Waals surface area contributed by atoms with Gasteiger partial charge in [0.05, 0.1) is 6.61 Å². The third-order valence-electron chi connectivity index (χ3n) is 3.24. The maximum atomic E-state index is 13.1. The van der Waals surface area contributed by atoms with Crippen molar-refractivity contribution >= 4 is 19.7 Å². The van der Waals surface area contributed by atoms with Crippen LogP contribution < -0.4 is 4.74 Å². The van der Waals surface area contributed by atoms with E-state index in [-0.39, 0.29) is 10.6 Å². The van der Waals surface area contributed by atoms with Crippen LogP contribution >= 0.6 is 10.7 Å². The quantitative estimate of drug-likeness (QED) is 0.597. The number of hydrogen-bond acceptors (Lipinski definition) is 4. The summed E-state index contributed by atoms with van der Waals surface area (Å²) in [6, 6.07) is 3.32. The topological polar surface area (TPSA) is 46.6 Å². The molecule has 0 saturated carbocycles.